The van der Waals surface area contributed by atoms with Crippen molar-refractivity contribution in [2.24, 2.45) is 0 Å². The van der Waals surface area contributed by atoms with E-state index < -0.39 is 0 Å². The molecule has 0 radical (unpaired) electrons. The molecule has 5 heteroatoms. The van der Waals surface area contributed by atoms with E-state index in [0.29, 0.717) is 11.1 Å². The molecule has 3 aromatic carbocycles. The summed E-state index contributed by atoms with van der Waals surface area (Å²) in [7, 11) is 0. The molecular formula is C24H17N3O2. The zero-order chi connectivity index (χ0) is 19.8. The maximum Gasteiger partial charge on any atom is 0.256 e. The van der Waals surface area contributed by atoms with E-state index >= 15 is 0 Å². The van der Waals surface area contributed by atoms with Crippen molar-refractivity contribution in [3.05, 3.63) is 95.7 Å². The lowest BCUT2D eigenvalue weighted by Gasteiger charge is -2.05. The zero-order valence-electron chi connectivity index (χ0n) is 15.4. The van der Waals surface area contributed by atoms with Crippen LogP contribution in [0, 0.1) is 0 Å². The highest BCUT2D eigenvalue weighted by Gasteiger charge is 2.23. The lowest BCUT2D eigenvalue weighted by atomic mass is 10.0. The number of fused-ring (bicyclic) bond motifs is 2. The predicted octanol–water partition coefficient (Wildman–Crippen LogP) is 4.91. The van der Waals surface area contributed by atoms with Crippen LogP contribution in [0.2, 0.25) is 0 Å². The summed E-state index contributed by atoms with van der Waals surface area (Å²) >= 11 is 0. The molecule has 29 heavy (non-hydrogen) atoms. The lowest BCUT2D eigenvalue weighted by molar-refractivity contribution is -0.110. The highest BCUT2D eigenvalue weighted by Crippen LogP contribution is 2.34. The van der Waals surface area contributed by atoms with E-state index in [1.54, 1.807) is 6.07 Å². The zero-order valence-corrected chi connectivity index (χ0v) is 15.4. The van der Waals surface area contributed by atoms with E-state index in [1.807, 2.05) is 79.0 Å². The van der Waals surface area contributed by atoms with Crippen LogP contribution in [-0.4, -0.2) is 16.8 Å². The predicted molar refractivity (Wildman–Crippen MR) is 116 cm³/mol. The fraction of sp³-hybridized carbons (Fsp3) is 0. The van der Waals surface area contributed by atoms with Gasteiger partial charge in [-0.15, -0.1) is 0 Å². The largest absolute Gasteiger partial charge is 0.361 e. The standard InChI is InChI=1S/C24H17N3O2/c28-23(26-17-6-2-1-3-7-17)15-10-11-21-19(12-15)16(14-25-21)13-20-18-8-4-5-9-22(18)27-24(20)29/h1-14,25H,(H,26,28)(H,27,29). The number of carbonyl (C=O) groups excluding carboxylic acids is 2. The number of benzene rings is 3. The van der Waals surface area contributed by atoms with Crippen molar-refractivity contribution in [2.45, 2.75) is 0 Å². The summed E-state index contributed by atoms with van der Waals surface area (Å²) in [6, 6.07) is 22.5. The van der Waals surface area contributed by atoms with Crippen molar-refractivity contribution in [2.75, 3.05) is 10.6 Å². The van der Waals surface area contributed by atoms with Crippen LogP contribution >= 0.6 is 0 Å². The average molecular weight is 379 g/mol. The maximum absolute atomic E-state index is 12.7. The Morgan fingerprint density at radius 1 is 0.931 bits per heavy atom. The number of H-pyrrole nitrogens is 1. The van der Waals surface area contributed by atoms with Crippen LogP contribution in [0.5, 0.6) is 0 Å². The Hall–Kier alpha value is -4.12. The molecular weight excluding hydrogens is 362 g/mol. The van der Waals surface area contributed by atoms with E-state index in [2.05, 4.69) is 15.6 Å². The Morgan fingerprint density at radius 3 is 2.59 bits per heavy atom. The van der Waals surface area contributed by atoms with Crippen LogP contribution in [0.1, 0.15) is 21.5 Å². The first-order valence-electron chi connectivity index (χ1n) is 9.29. The van der Waals surface area contributed by atoms with Gasteiger partial charge in [-0.1, -0.05) is 36.4 Å². The van der Waals surface area contributed by atoms with Gasteiger partial charge in [0.05, 0.1) is 0 Å². The summed E-state index contributed by atoms with van der Waals surface area (Å²) in [5.74, 6) is -0.305. The molecule has 1 aliphatic heterocycles. The average Bonchev–Trinajstić information content (AvgIpc) is 3.29. The molecule has 5 nitrogen and oxygen atoms in total. The van der Waals surface area contributed by atoms with Crippen LogP contribution in [0.3, 0.4) is 0 Å². The van der Waals surface area contributed by atoms with Gasteiger partial charge in [0.15, 0.2) is 0 Å². The Morgan fingerprint density at radius 2 is 1.72 bits per heavy atom. The van der Waals surface area contributed by atoms with Crippen LogP contribution in [0.15, 0.2) is 79.0 Å². The van der Waals surface area contributed by atoms with Crippen LogP contribution in [0.25, 0.3) is 22.6 Å². The molecule has 0 atom stereocenters. The molecule has 3 N–H and O–H groups in total. The Bertz CT molecular complexity index is 1290. The van der Waals surface area contributed by atoms with Gasteiger partial charge in [-0.25, -0.2) is 0 Å². The second kappa shape index (κ2) is 6.80. The van der Waals surface area contributed by atoms with Crippen LogP contribution < -0.4 is 10.6 Å². The van der Waals surface area contributed by atoms with E-state index in [0.717, 1.165) is 33.4 Å². The Labute approximate surface area is 167 Å². The minimum atomic E-state index is -0.179. The van der Waals surface area contributed by atoms with Crippen LogP contribution in [-0.2, 0) is 4.79 Å². The number of anilines is 2. The first kappa shape index (κ1) is 17.0. The smallest absolute Gasteiger partial charge is 0.256 e. The fourth-order valence-corrected chi connectivity index (χ4v) is 3.57. The van der Waals surface area contributed by atoms with Crippen molar-refractivity contribution < 1.29 is 9.59 Å². The van der Waals surface area contributed by atoms with E-state index in [4.69, 9.17) is 0 Å². The van der Waals surface area contributed by atoms with Gasteiger partial charge >= 0.3 is 0 Å². The van der Waals surface area contributed by atoms with Crippen molar-refractivity contribution in [1.82, 2.24) is 4.98 Å². The monoisotopic (exact) mass is 379 g/mol. The molecule has 5 rings (SSSR count). The summed E-state index contributed by atoms with van der Waals surface area (Å²) < 4.78 is 0. The number of carbonyl (C=O) groups is 2. The first-order chi connectivity index (χ1) is 14.2. The molecule has 0 saturated carbocycles. The molecule has 2 amide bonds. The van der Waals surface area contributed by atoms with Crippen molar-refractivity contribution in [3.63, 3.8) is 0 Å². The quantitative estimate of drug-likeness (QED) is 0.442. The molecule has 2 heterocycles. The fourth-order valence-electron chi connectivity index (χ4n) is 3.57. The molecule has 0 unspecified atom stereocenters. The normalized spacial score (nSPS) is 14.1. The molecule has 1 aromatic heterocycles. The molecule has 0 aliphatic carbocycles. The number of hydrogen-bond acceptors (Lipinski definition) is 2. The SMILES string of the molecule is O=C1Nc2ccccc2C1=Cc1c[nH]c2ccc(C(=O)Nc3ccccc3)cc12. The number of aromatic amines is 1. The third-order valence-electron chi connectivity index (χ3n) is 5.02. The van der Waals surface area contributed by atoms with Gasteiger partial charge in [-0.2, -0.15) is 0 Å². The minimum Gasteiger partial charge on any atom is -0.361 e. The van der Waals surface area contributed by atoms with Crippen molar-refractivity contribution in [1.29, 1.82) is 0 Å². The molecule has 0 saturated heterocycles. The molecule has 4 aromatic rings. The van der Waals surface area contributed by atoms with Gasteiger partial charge in [0.2, 0.25) is 0 Å². The second-order valence-corrected chi connectivity index (χ2v) is 6.88. The lowest BCUT2D eigenvalue weighted by Crippen LogP contribution is -2.11. The Kier molecular flexibility index (Phi) is 3.99. The summed E-state index contributed by atoms with van der Waals surface area (Å²) in [5, 5.41) is 6.67. The van der Waals surface area contributed by atoms with E-state index in [1.165, 1.54) is 0 Å². The molecule has 1 aliphatic rings. The number of nitrogens with one attached hydrogen (secondary N) is 3. The first-order valence-corrected chi connectivity index (χ1v) is 9.29. The summed E-state index contributed by atoms with van der Waals surface area (Å²) in [6.45, 7) is 0. The topological polar surface area (TPSA) is 74.0 Å². The molecule has 0 fully saturated rings. The van der Waals surface area contributed by atoms with Gasteiger partial charge in [-0.3, -0.25) is 9.59 Å². The molecule has 0 spiro atoms. The number of para-hydroxylation sites is 2. The second-order valence-electron chi connectivity index (χ2n) is 6.88. The van der Waals surface area contributed by atoms with Crippen LogP contribution in [0.4, 0.5) is 11.4 Å². The van der Waals surface area contributed by atoms with Crippen molar-refractivity contribution in [3.8, 4) is 0 Å². The number of hydrogen-bond donors (Lipinski definition) is 3. The molecule has 140 valence electrons. The number of rotatable bonds is 3. The number of aromatic nitrogens is 1. The van der Waals surface area contributed by atoms with Gasteiger partial charge in [0, 0.05) is 50.7 Å². The summed E-state index contributed by atoms with van der Waals surface area (Å²) in [4.78, 5) is 28.3. The van der Waals surface area contributed by atoms with E-state index in [-0.39, 0.29) is 11.8 Å². The summed E-state index contributed by atoms with van der Waals surface area (Å²) in [5.41, 5.74) is 5.36. The van der Waals surface area contributed by atoms with Gasteiger partial charge in [0.1, 0.15) is 0 Å². The third kappa shape index (κ3) is 3.08. The van der Waals surface area contributed by atoms with Crippen molar-refractivity contribution >= 4 is 45.7 Å². The summed E-state index contributed by atoms with van der Waals surface area (Å²) in [6.07, 6.45) is 3.71. The van der Waals surface area contributed by atoms with Gasteiger partial charge in [-0.05, 0) is 42.5 Å². The highest BCUT2D eigenvalue weighted by molar-refractivity contribution is 6.35. The highest BCUT2D eigenvalue weighted by atomic mass is 16.2. The van der Waals surface area contributed by atoms with E-state index in [9.17, 15) is 9.59 Å². The third-order valence-corrected chi connectivity index (χ3v) is 5.02. The number of amides is 2. The molecule has 0 bridgehead atoms. The minimum absolute atomic E-state index is 0.126. The Balaban J connectivity index is 1.52. The maximum atomic E-state index is 12.7. The van der Waals surface area contributed by atoms with Gasteiger partial charge in [0.25, 0.3) is 11.8 Å². The van der Waals surface area contributed by atoms with Gasteiger partial charge < -0.3 is 15.6 Å².